The molecule has 3 aliphatic rings. The molecular weight excluding hydrogens is 501 g/mol. The largest absolute Gasteiger partial charge is 0.508 e. The molecule has 218 valence electrons. The third-order valence-corrected chi connectivity index (χ3v) is 10.7. The summed E-state index contributed by atoms with van der Waals surface area (Å²) >= 11 is 0. The Kier molecular flexibility index (Phi) is 9.19. The molecule has 2 fully saturated rings. The molecule has 2 saturated carbocycles. The molecule has 1 amide bonds. The van der Waals surface area contributed by atoms with Gasteiger partial charge in [-0.1, -0.05) is 63.1 Å². The van der Waals surface area contributed by atoms with Gasteiger partial charge in [0.25, 0.3) is 0 Å². The maximum Gasteiger partial charge on any atom is 0.222 e. The molecule has 3 unspecified atom stereocenters. The van der Waals surface area contributed by atoms with E-state index in [0.29, 0.717) is 24.7 Å². The summed E-state index contributed by atoms with van der Waals surface area (Å²) in [5, 5.41) is 21.1. The smallest absolute Gasteiger partial charge is 0.222 e. The summed E-state index contributed by atoms with van der Waals surface area (Å²) in [5.41, 5.74) is 3.16. The quantitative estimate of drug-likeness (QED) is 0.291. The summed E-state index contributed by atoms with van der Waals surface area (Å²) in [6, 6.07) is 16.0. The van der Waals surface area contributed by atoms with Crippen molar-refractivity contribution in [2.24, 2.45) is 23.2 Å². The van der Waals surface area contributed by atoms with Crippen LogP contribution in [0.3, 0.4) is 0 Å². The first-order chi connectivity index (χ1) is 19.3. The standard InChI is InChI=1S/C35H48FNO3/c1-3-32(40)37(20-10-13-24-11-6-4-7-12-24)19-9-5-8-14-25-21-26-22-27(38)15-16-28(26)34-30(36)23-35(2)29(33(25)34)17-18-31(35)39/h4,6-7,11-12,15-16,22,25,29-31,33-34,38-39H,3,5,8-10,13-14,17-21,23H2,1-2H3/t25-,29?,30+,31+,33?,34?,35+/m1/s1. The maximum absolute atomic E-state index is 16.0. The van der Waals surface area contributed by atoms with Crippen LogP contribution in [0.5, 0.6) is 5.75 Å². The van der Waals surface area contributed by atoms with E-state index in [1.165, 1.54) is 5.56 Å². The van der Waals surface area contributed by atoms with Crippen molar-refractivity contribution in [3.63, 3.8) is 0 Å². The van der Waals surface area contributed by atoms with Crippen LogP contribution in [0.15, 0.2) is 48.5 Å². The lowest BCUT2D eigenvalue weighted by atomic mass is 9.51. The van der Waals surface area contributed by atoms with Crippen LogP contribution in [0.25, 0.3) is 0 Å². The number of hydrogen-bond acceptors (Lipinski definition) is 3. The lowest BCUT2D eigenvalue weighted by molar-refractivity contribution is -0.131. The highest BCUT2D eigenvalue weighted by Crippen LogP contribution is 2.63. The van der Waals surface area contributed by atoms with Gasteiger partial charge in [-0.15, -0.1) is 0 Å². The number of carbonyl (C=O) groups excluding carboxylic acids is 1. The predicted octanol–water partition coefficient (Wildman–Crippen LogP) is 7.22. The normalized spacial score (nSPS) is 30.8. The van der Waals surface area contributed by atoms with E-state index in [0.717, 1.165) is 82.0 Å². The molecule has 7 atom stereocenters. The molecule has 5 heteroatoms. The number of aromatic hydroxyl groups is 1. The zero-order chi connectivity index (χ0) is 28.3. The van der Waals surface area contributed by atoms with Crippen molar-refractivity contribution in [3.05, 3.63) is 65.2 Å². The summed E-state index contributed by atoms with van der Waals surface area (Å²) in [5.74, 6) is 1.28. The van der Waals surface area contributed by atoms with Gasteiger partial charge in [0.15, 0.2) is 0 Å². The van der Waals surface area contributed by atoms with Crippen molar-refractivity contribution in [2.75, 3.05) is 13.1 Å². The highest BCUT2D eigenvalue weighted by molar-refractivity contribution is 5.75. The molecule has 0 aromatic heterocycles. The van der Waals surface area contributed by atoms with Crippen LogP contribution in [0.4, 0.5) is 4.39 Å². The number of hydrogen-bond donors (Lipinski definition) is 2. The second-order valence-electron chi connectivity index (χ2n) is 13.0. The Balaban J connectivity index is 1.20. The average Bonchev–Trinajstić information content (AvgIpc) is 3.24. The van der Waals surface area contributed by atoms with Gasteiger partial charge in [-0.3, -0.25) is 4.79 Å². The molecule has 5 rings (SSSR count). The molecule has 3 aliphatic carbocycles. The third kappa shape index (κ3) is 5.95. The fraction of sp³-hybridized carbons (Fsp3) is 0.629. The number of fused-ring (bicyclic) bond motifs is 5. The van der Waals surface area contributed by atoms with Crippen LogP contribution in [-0.2, 0) is 17.6 Å². The number of carbonyl (C=O) groups is 1. The molecule has 0 aliphatic heterocycles. The molecule has 2 aromatic carbocycles. The fourth-order valence-electron chi connectivity index (χ4n) is 8.62. The minimum Gasteiger partial charge on any atom is -0.508 e. The van der Waals surface area contributed by atoms with Gasteiger partial charge in [-0.25, -0.2) is 4.39 Å². The van der Waals surface area contributed by atoms with E-state index >= 15 is 4.39 Å². The number of aliphatic hydroxyl groups excluding tert-OH is 1. The Morgan fingerprint density at radius 2 is 1.82 bits per heavy atom. The zero-order valence-corrected chi connectivity index (χ0v) is 24.4. The number of aliphatic hydroxyl groups is 1. The number of nitrogens with zero attached hydrogens (tertiary/aromatic N) is 1. The number of phenols is 1. The van der Waals surface area contributed by atoms with E-state index in [1.807, 2.05) is 30.0 Å². The molecule has 2 N–H and O–H groups in total. The van der Waals surface area contributed by atoms with E-state index in [9.17, 15) is 15.0 Å². The Morgan fingerprint density at radius 3 is 2.60 bits per heavy atom. The maximum atomic E-state index is 16.0. The Morgan fingerprint density at radius 1 is 1.05 bits per heavy atom. The van der Waals surface area contributed by atoms with E-state index < -0.39 is 12.3 Å². The van der Waals surface area contributed by atoms with Crippen molar-refractivity contribution in [2.45, 2.75) is 103 Å². The van der Waals surface area contributed by atoms with Crippen molar-refractivity contribution < 1.29 is 19.4 Å². The molecule has 2 aromatic rings. The lowest BCUT2D eigenvalue weighted by Gasteiger charge is -2.54. The first kappa shape index (κ1) is 29.1. The van der Waals surface area contributed by atoms with Crippen LogP contribution in [0, 0.1) is 23.2 Å². The Labute approximate surface area is 240 Å². The summed E-state index contributed by atoms with van der Waals surface area (Å²) in [6.45, 7) is 5.67. The molecule has 4 nitrogen and oxygen atoms in total. The molecule has 0 radical (unpaired) electrons. The van der Waals surface area contributed by atoms with Gasteiger partial charge in [0.2, 0.25) is 5.91 Å². The van der Waals surface area contributed by atoms with Gasteiger partial charge in [-0.2, -0.15) is 0 Å². The van der Waals surface area contributed by atoms with Gasteiger partial charge in [0.1, 0.15) is 11.9 Å². The van der Waals surface area contributed by atoms with Gasteiger partial charge in [0.05, 0.1) is 6.10 Å². The topological polar surface area (TPSA) is 60.8 Å². The molecule has 40 heavy (non-hydrogen) atoms. The Hall–Kier alpha value is -2.40. The minimum absolute atomic E-state index is 0.139. The summed E-state index contributed by atoms with van der Waals surface area (Å²) in [4.78, 5) is 14.7. The van der Waals surface area contributed by atoms with E-state index in [2.05, 4.69) is 31.2 Å². The number of alkyl halides is 1. The van der Waals surface area contributed by atoms with Gasteiger partial charge >= 0.3 is 0 Å². The molecule has 0 heterocycles. The van der Waals surface area contributed by atoms with Crippen LogP contribution in [0.1, 0.15) is 94.2 Å². The number of phenolic OH excluding ortho intramolecular Hbond substituents is 1. The third-order valence-electron chi connectivity index (χ3n) is 10.7. The van der Waals surface area contributed by atoms with Gasteiger partial charge < -0.3 is 15.1 Å². The van der Waals surface area contributed by atoms with Crippen molar-refractivity contribution >= 4 is 5.91 Å². The molecule has 0 bridgehead atoms. The van der Waals surface area contributed by atoms with Gasteiger partial charge in [-0.05, 0) is 103 Å². The predicted molar refractivity (Wildman–Crippen MR) is 158 cm³/mol. The molecule has 0 spiro atoms. The van der Waals surface area contributed by atoms with E-state index in [4.69, 9.17) is 0 Å². The second kappa shape index (κ2) is 12.6. The number of amides is 1. The summed E-state index contributed by atoms with van der Waals surface area (Å²) in [7, 11) is 0. The first-order valence-corrected chi connectivity index (χ1v) is 15.8. The second-order valence-corrected chi connectivity index (χ2v) is 13.0. The average molecular weight is 550 g/mol. The number of benzene rings is 2. The van der Waals surface area contributed by atoms with Crippen LogP contribution in [0.2, 0.25) is 0 Å². The van der Waals surface area contributed by atoms with Crippen LogP contribution in [-0.4, -0.2) is 46.4 Å². The monoisotopic (exact) mass is 549 g/mol. The highest BCUT2D eigenvalue weighted by Gasteiger charge is 2.59. The van der Waals surface area contributed by atoms with Crippen LogP contribution >= 0.6 is 0 Å². The van der Waals surface area contributed by atoms with E-state index in [1.54, 1.807) is 6.07 Å². The van der Waals surface area contributed by atoms with Crippen molar-refractivity contribution in [1.29, 1.82) is 0 Å². The number of rotatable bonds is 11. The first-order valence-electron chi connectivity index (χ1n) is 15.8. The van der Waals surface area contributed by atoms with Gasteiger partial charge in [0, 0.05) is 25.4 Å². The lowest BCUT2D eigenvalue weighted by Crippen LogP contribution is -2.51. The van der Waals surface area contributed by atoms with E-state index in [-0.39, 0.29) is 28.9 Å². The zero-order valence-electron chi connectivity index (χ0n) is 24.4. The SMILES string of the molecule is CCC(=O)N(CCCCC[C@@H]1Cc2cc(O)ccc2C2C1C1CC[C@H](O)[C@@]1(C)C[C@@H]2F)CCCc1ccccc1. The minimum atomic E-state index is -0.963. The Bertz CT molecular complexity index is 1140. The summed E-state index contributed by atoms with van der Waals surface area (Å²) < 4.78 is 16.0. The number of halogens is 1. The van der Waals surface area contributed by atoms with Crippen molar-refractivity contribution in [3.8, 4) is 5.75 Å². The number of unbranched alkanes of at least 4 members (excludes halogenated alkanes) is 2. The molecular formula is C35H48FNO3. The highest BCUT2D eigenvalue weighted by atomic mass is 19.1. The number of aryl methyl sites for hydroxylation is 1. The summed E-state index contributed by atoms with van der Waals surface area (Å²) in [6.07, 6.45) is 8.31. The molecule has 0 saturated heterocycles. The van der Waals surface area contributed by atoms with Crippen LogP contribution < -0.4 is 0 Å². The van der Waals surface area contributed by atoms with Crippen molar-refractivity contribution in [1.82, 2.24) is 4.90 Å². The fourth-order valence-corrected chi connectivity index (χ4v) is 8.62.